The van der Waals surface area contributed by atoms with E-state index < -0.39 is 17.5 Å². The van der Waals surface area contributed by atoms with Gasteiger partial charge >= 0.3 is 0 Å². The highest BCUT2D eigenvalue weighted by Gasteiger charge is 2.22. The number of aromatic nitrogens is 2. The third kappa shape index (κ3) is 4.29. The van der Waals surface area contributed by atoms with E-state index in [1.165, 1.54) is 12.3 Å². The Morgan fingerprint density at radius 2 is 2.07 bits per heavy atom. The molecule has 0 saturated carbocycles. The van der Waals surface area contributed by atoms with Crippen molar-refractivity contribution in [2.75, 3.05) is 18.5 Å². The highest BCUT2D eigenvalue weighted by molar-refractivity contribution is 7.15. The van der Waals surface area contributed by atoms with Gasteiger partial charge in [-0.25, -0.2) is 13.8 Å². The summed E-state index contributed by atoms with van der Waals surface area (Å²) in [4.78, 5) is 17.2. The van der Waals surface area contributed by atoms with Crippen molar-refractivity contribution in [2.24, 2.45) is 0 Å². The van der Waals surface area contributed by atoms with Crippen molar-refractivity contribution >= 4 is 34.5 Å². The number of aliphatic hydroxyl groups is 1. The standard InChI is InChI=1S/C17H15F2N3O3S2/c1-9-14(22-16(26-9)13-10(18)4-2-5-11(13)19)15(24)21-12-8-20-27-17(12)25-7-3-6-23/h2,4-5,8,23H,3,6-7H2,1H3,(H,21,24). The van der Waals surface area contributed by atoms with Crippen LogP contribution in [-0.2, 0) is 0 Å². The fraction of sp³-hybridized carbons (Fsp3) is 0.235. The Morgan fingerprint density at radius 3 is 2.78 bits per heavy atom. The van der Waals surface area contributed by atoms with Crippen LogP contribution in [0.4, 0.5) is 14.5 Å². The zero-order valence-corrected chi connectivity index (χ0v) is 15.8. The molecule has 0 unspecified atom stereocenters. The van der Waals surface area contributed by atoms with E-state index >= 15 is 0 Å². The molecule has 142 valence electrons. The van der Waals surface area contributed by atoms with Gasteiger partial charge in [0.25, 0.3) is 5.91 Å². The topological polar surface area (TPSA) is 84.3 Å². The van der Waals surface area contributed by atoms with Crippen LogP contribution in [0.15, 0.2) is 24.4 Å². The number of thiazole rings is 1. The van der Waals surface area contributed by atoms with E-state index in [0.717, 1.165) is 35.0 Å². The van der Waals surface area contributed by atoms with E-state index in [2.05, 4.69) is 14.7 Å². The summed E-state index contributed by atoms with van der Waals surface area (Å²) in [5.74, 6) is -2.01. The summed E-state index contributed by atoms with van der Waals surface area (Å²) in [6, 6.07) is 3.55. The van der Waals surface area contributed by atoms with Crippen LogP contribution >= 0.6 is 22.9 Å². The Hall–Kier alpha value is -2.43. The number of nitrogens with one attached hydrogen (secondary N) is 1. The molecule has 0 bridgehead atoms. The minimum atomic E-state index is -0.739. The van der Waals surface area contributed by atoms with Crippen LogP contribution in [0.5, 0.6) is 5.06 Å². The molecule has 0 fully saturated rings. The minimum absolute atomic E-state index is 0.00605. The molecule has 2 aromatic heterocycles. The lowest BCUT2D eigenvalue weighted by molar-refractivity contribution is 0.102. The number of hydrogen-bond donors (Lipinski definition) is 2. The fourth-order valence-corrected chi connectivity index (χ4v) is 3.79. The maximum absolute atomic E-state index is 14.0. The van der Waals surface area contributed by atoms with Gasteiger partial charge in [0.05, 0.1) is 18.4 Å². The van der Waals surface area contributed by atoms with Gasteiger partial charge < -0.3 is 15.2 Å². The Labute approximate surface area is 161 Å². The molecule has 27 heavy (non-hydrogen) atoms. The largest absolute Gasteiger partial charge is 0.481 e. The van der Waals surface area contributed by atoms with Gasteiger partial charge in [-0.05, 0) is 19.1 Å². The van der Waals surface area contributed by atoms with Crippen molar-refractivity contribution in [1.29, 1.82) is 0 Å². The number of anilines is 1. The molecule has 10 heteroatoms. The maximum Gasteiger partial charge on any atom is 0.275 e. The Balaban J connectivity index is 1.81. The fourth-order valence-electron chi connectivity index (χ4n) is 2.24. The summed E-state index contributed by atoms with van der Waals surface area (Å²) in [5.41, 5.74) is 0.189. The molecule has 0 aliphatic rings. The third-order valence-electron chi connectivity index (χ3n) is 3.51. The highest BCUT2D eigenvalue weighted by Crippen LogP contribution is 2.33. The van der Waals surface area contributed by atoms with E-state index in [1.54, 1.807) is 6.92 Å². The van der Waals surface area contributed by atoms with Crippen LogP contribution in [0.2, 0.25) is 0 Å². The molecule has 0 aliphatic heterocycles. The van der Waals surface area contributed by atoms with Crippen molar-refractivity contribution < 1.29 is 23.4 Å². The zero-order chi connectivity index (χ0) is 19.4. The number of carbonyl (C=O) groups is 1. The molecule has 0 atom stereocenters. The molecular weight excluding hydrogens is 396 g/mol. The molecule has 2 N–H and O–H groups in total. The molecule has 0 spiro atoms. The number of hydrogen-bond acceptors (Lipinski definition) is 7. The zero-order valence-electron chi connectivity index (χ0n) is 14.2. The van der Waals surface area contributed by atoms with Gasteiger partial charge in [-0.2, -0.15) is 4.37 Å². The first-order valence-corrected chi connectivity index (χ1v) is 9.51. The van der Waals surface area contributed by atoms with Crippen molar-refractivity contribution in [1.82, 2.24) is 9.36 Å². The Bertz CT molecular complexity index is 939. The first kappa shape index (κ1) is 19.3. The van der Waals surface area contributed by atoms with Gasteiger partial charge in [0, 0.05) is 29.4 Å². The number of amides is 1. The molecular formula is C17H15F2N3O3S2. The van der Waals surface area contributed by atoms with E-state index in [-0.39, 0.29) is 29.5 Å². The molecule has 3 aromatic rings. The van der Waals surface area contributed by atoms with Crippen LogP contribution in [0.3, 0.4) is 0 Å². The molecule has 6 nitrogen and oxygen atoms in total. The molecule has 1 aromatic carbocycles. The van der Waals surface area contributed by atoms with Crippen LogP contribution in [0.25, 0.3) is 10.6 Å². The first-order valence-electron chi connectivity index (χ1n) is 7.92. The van der Waals surface area contributed by atoms with Crippen LogP contribution in [0, 0.1) is 18.6 Å². The van der Waals surface area contributed by atoms with Crippen molar-refractivity contribution in [3.63, 3.8) is 0 Å². The SMILES string of the molecule is Cc1sc(-c2c(F)cccc2F)nc1C(=O)Nc1cnsc1OCCCO. The summed E-state index contributed by atoms with van der Waals surface area (Å²) in [7, 11) is 0. The van der Waals surface area contributed by atoms with Gasteiger partial charge in [-0.3, -0.25) is 4.79 Å². The number of nitrogens with zero attached hydrogens (tertiary/aromatic N) is 2. The Morgan fingerprint density at radius 1 is 1.33 bits per heavy atom. The average molecular weight is 411 g/mol. The quantitative estimate of drug-likeness (QED) is 0.577. The van der Waals surface area contributed by atoms with Crippen molar-refractivity contribution in [2.45, 2.75) is 13.3 Å². The molecule has 3 rings (SSSR count). The number of halogens is 2. The summed E-state index contributed by atoms with van der Waals surface area (Å²) < 4.78 is 37.4. The second kappa shape index (κ2) is 8.51. The number of rotatable bonds is 7. The van der Waals surface area contributed by atoms with Gasteiger partial charge in [0.1, 0.15) is 28.0 Å². The first-order chi connectivity index (χ1) is 13.0. The number of ether oxygens (including phenoxy) is 1. The number of aryl methyl sites for hydroxylation is 1. The monoisotopic (exact) mass is 411 g/mol. The predicted octanol–water partition coefficient (Wildman–Crippen LogP) is 3.87. The third-order valence-corrected chi connectivity index (χ3v) is 5.21. The van der Waals surface area contributed by atoms with Crippen molar-refractivity contribution in [3.8, 4) is 15.6 Å². The second-order valence-electron chi connectivity index (χ2n) is 5.43. The van der Waals surface area contributed by atoms with Crippen molar-refractivity contribution in [3.05, 3.63) is 46.6 Å². The van der Waals surface area contributed by atoms with Gasteiger partial charge in [0.15, 0.2) is 0 Å². The number of carbonyl (C=O) groups excluding carboxylic acids is 1. The van der Waals surface area contributed by atoms with Crippen LogP contribution < -0.4 is 10.1 Å². The Kier molecular flexibility index (Phi) is 6.09. The van der Waals surface area contributed by atoms with Gasteiger partial charge in [-0.1, -0.05) is 6.07 Å². The summed E-state index contributed by atoms with van der Waals surface area (Å²) in [6.45, 7) is 1.93. The average Bonchev–Trinajstić information content (AvgIpc) is 3.22. The molecule has 0 radical (unpaired) electrons. The molecule has 2 heterocycles. The summed E-state index contributed by atoms with van der Waals surface area (Å²) >= 11 is 2.10. The van der Waals surface area contributed by atoms with E-state index in [1.807, 2.05) is 0 Å². The summed E-state index contributed by atoms with van der Waals surface area (Å²) in [6.07, 6.45) is 1.89. The lowest BCUT2D eigenvalue weighted by Gasteiger charge is -2.06. The van der Waals surface area contributed by atoms with Crippen LogP contribution in [-0.4, -0.2) is 33.6 Å². The smallest absolute Gasteiger partial charge is 0.275 e. The lowest BCUT2D eigenvalue weighted by atomic mass is 10.2. The van der Waals surface area contributed by atoms with E-state index in [9.17, 15) is 13.6 Å². The number of benzene rings is 1. The number of aliphatic hydroxyl groups excluding tert-OH is 1. The lowest BCUT2D eigenvalue weighted by Crippen LogP contribution is -2.14. The summed E-state index contributed by atoms with van der Waals surface area (Å²) in [5, 5.41) is 11.9. The van der Waals surface area contributed by atoms with E-state index in [0.29, 0.717) is 22.0 Å². The molecule has 0 aliphatic carbocycles. The van der Waals surface area contributed by atoms with Gasteiger partial charge in [0.2, 0.25) is 5.06 Å². The predicted molar refractivity (Wildman–Crippen MR) is 99.5 cm³/mol. The normalized spacial score (nSPS) is 10.8. The maximum atomic E-state index is 14.0. The minimum Gasteiger partial charge on any atom is -0.481 e. The van der Waals surface area contributed by atoms with Crippen LogP contribution in [0.1, 0.15) is 21.8 Å². The van der Waals surface area contributed by atoms with Gasteiger partial charge in [-0.15, -0.1) is 11.3 Å². The second-order valence-corrected chi connectivity index (χ2v) is 7.39. The molecule has 1 amide bonds. The molecule has 0 saturated heterocycles. The van der Waals surface area contributed by atoms with E-state index in [4.69, 9.17) is 9.84 Å². The highest BCUT2D eigenvalue weighted by atomic mass is 32.1.